The van der Waals surface area contributed by atoms with Gasteiger partial charge in [-0.1, -0.05) is 0 Å². The third-order valence-corrected chi connectivity index (χ3v) is 5.07. The van der Waals surface area contributed by atoms with Gasteiger partial charge in [-0.05, 0) is 57.9 Å². The van der Waals surface area contributed by atoms with Gasteiger partial charge in [-0.2, -0.15) is 0 Å². The standard InChI is InChI=1S/C17H15BrClN3O4/c1-26-12-7-9(6-11(18)15(12)23)14-13(19)17(25)22(14)21-16(24)8-2-4-10(20)5-3-8/h2-7,13-14,23H,20H2,1H3,(H,21,24). The number of anilines is 1. The molecule has 2 unspecified atom stereocenters. The first kappa shape index (κ1) is 18.3. The van der Waals surface area contributed by atoms with Gasteiger partial charge in [-0.25, -0.2) is 5.01 Å². The van der Waals surface area contributed by atoms with Crippen molar-refractivity contribution in [3.8, 4) is 11.5 Å². The lowest BCUT2D eigenvalue weighted by Gasteiger charge is -2.44. The lowest BCUT2D eigenvalue weighted by molar-refractivity contribution is -0.149. The van der Waals surface area contributed by atoms with Gasteiger partial charge < -0.3 is 15.6 Å². The average molecular weight is 441 g/mol. The Hall–Kier alpha value is -2.45. The average Bonchev–Trinajstić information content (AvgIpc) is 2.63. The van der Waals surface area contributed by atoms with Crippen LogP contribution in [-0.4, -0.2) is 34.4 Å². The SMILES string of the molecule is COc1cc(C2C(Cl)C(=O)N2NC(=O)c2ccc(N)cc2)cc(Br)c1O. The summed E-state index contributed by atoms with van der Waals surface area (Å²) in [5.74, 6) is -0.728. The van der Waals surface area contributed by atoms with E-state index >= 15 is 0 Å². The molecule has 1 saturated heterocycles. The van der Waals surface area contributed by atoms with Crippen LogP contribution in [0.1, 0.15) is 22.0 Å². The van der Waals surface area contributed by atoms with Crippen LogP contribution in [0.4, 0.5) is 5.69 Å². The van der Waals surface area contributed by atoms with Crippen molar-refractivity contribution in [1.82, 2.24) is 10.4 Å². The van der Waals surface area contributed by atoms with Crippen LogP contribution in [0.5, 0.6) is 11.5 Å². The number of alkyl halides is 1. The number of phenolic OH excluding ortho intramolecular Hbond substituents is 1. The molecule has 3 rings (SSSR count). The van der Waals surface area contributed by atoms with Crippen LogP contribution in [0.25, 0.3) is 0 Å². The second-order valence-electron chi connectivity index (χ2n) is 5.67. The van der Waals surface area contributed by atoms with Crippen LogP contribution < -0.4 is 15.9 Å². The van der Waals surface area contributed by atoms with E-state index in [1.807, 2.05) is 0 Å². The molecule has 9 heteroatoms. The van der Waals surface area contributed by atoms with Gasteiger partial charge in [-0.15, -0.1) is 11.6 Å². The van der Waals surface area contributed by atoms with Crippen LogP contribution in [0, 0.1) is 0 Å². The second-order valence-corrected chi connectivity index (χ2v) is 7.00. The van der Waals surface area contributed by atoms with Gasteiger partial charge in [0.2, 0.25) is 0 Å². The quantitative estimate of drug-likeness (QED) is 0.385. The zero-order chi connectivity index (χ0) is 19.0. The van der Waals surface area contributed by atoms with Crippen molar-refractivity contribution in [2.45, 2.75) is 11.4 Å². The molecule has 2 aromatic carbocycles. The molecule has 7 nitrogen and oxygen atoms in total. The third-order valence-electron chi connectivity index (χ3n) is 4.04. The molecule has 0 aliphatic carbocycles. The molecule has 2 atom stereocenters. The first-order valence-corrected chi connectivity index (χ1v) is 8.76. The van der Waals surface area contributed by atoms with Gasteiger partial charge in [-0.3, -0.25) is 15.0 Å². The van der Waals surface area contributed by atoms with Crippen LogP contribution in [-0.2, 0) is 4.79 Å². The largest absolute Gasteiger partial charge is 0.503 e. The minimum absolute atomic E-state index is 0.0644. The van der Waals surface area contributed by atoms with E-state index < -0.39 is 23.2 Å². The zero-order valence-corrected chi connectivity index (χ0v) is 15.9. The molecule has 2 amide bonds. The smallest absolute Gasteiger partial charge is 0.269 e. The summed E-state index contributed by atoms with van der Waals surface area (Å²) in [6.45, 7) is 0. The number of benzene rings is 2. The van der Waals surface area contributed by atoms with Crippen LogP contribution in [0.3, 0.4) is 0 Å². The van der Waals surface area contributed by atoms with Crippen molar-refractivity contribution in [1.29, 1.82) is 0 Å². The van der Waals surface area contributed by atoms with Crippen LogP contribution in [0.15, 0.2) is 40.9 Å². The number of phenols is 1. The summed E-state index contributed by atoms with van der Waals surface area (Å²) in [7, 11) is 1.41. The van der Waals surface area contributed by atoms with Gasteiger partial charge in [0, 0.05) is 11.3 Å². The number of hydrogen-bond donors (Lipinski definition) is 3. The monoisotopic (exact) mass is 439 g/mol. The number of nitrogens with two attached hydrogens (primary N) is 1. The fourth-order valence-electron chi connectivity index (χ4n) is 2.63. The van der Waals surface area contributed by atoms with Crippen molar-refractivity contribution < 1.29 is 19.4 Å². The molecule has 0 radical (unpaired) electrons. The van der Waals surface area contributed by atoms with Gasteiger partial charge in [0.25, 0.3) is 11.8 Å². The Morgan fingerprint density at radius 3 is 2.62 bits per heavy atom. The lowest BCUT2D eigenvalue weighted by Crippen LogP contribution is -2.63. The Morgan fingerprint density at radius 2 is 2.00 bits per heavy atom. The molecular formula is C17H15BrClN3O4. The maximum absolute atomic E-state index is 12.4. The number of hydrazine groups is 1. The van der Waals surface area contributed by atoms with Crippen LogP contribution >= 0.6 is 27.5 Å². The van der Waals surface area contributed by atoms with Gasteiger partial charge in [0.15, 0.2) is 11.5 Å². The number of hydrogen-bond acceptors (Lipinski definition) is 5. The molecule has 0 bridgehead atoms. The summed E-state index contributed by atoms with van der Waals surface area (Å²) in [4.78, 5) is 24.5. The first-order valence-electron chi connectivity index (χ1n) is 7.53. The number of aromatic hydroxyl groups is 1. The molecule has 26 heavy (non-hydrogen) atoms. The van der Waals surface area contributed by atoms with E-state index in [1.54, 1.807) is 36.4 Å². The maximum atomic E-state index is 12.4. The number of nitrogens with one attached hydrogen (secondary N) is 1. The summed E-state index contributed by atoms with van der Waals surface area (Å²) in [5, 5.41) is 10.2. The van der Waals surface area contributed by atoms with E-state index in [2.05, 4.69) is 21.4 Å². The predicted molar refractivity (Wildman–Crippen MR) is 99.9 cm³/mol. The highest BCUT2D eigenvalue weighted by Gasteiger charge is 2.48. The molecule has 1 aliphatic heterocycles. The number of carbonyl (C=O) groups is 2. The van der Waals surface area contributed by atoms with Crippen molar-refractivity contribution in [3.05, 3.63) is 52.0 Å². The number of ether oxygens (including phenoxy) is 1. The van der Waals surface area contributed by atoms with E-state index in [1.165, 1.54) is 7.11 Å². The summed E-state index contributed by atoms with van der Waals surface area (Å²) < 4.78 is 5.51. The molecule has 0 saturated carbocycles. The fourth-order valence-corrected chi connectivity index (χ4v) is 3.45. The Bertz CT molecular complexity index is 875. The first-order chi connectivity index (χ1) is 12.3. The molecular weight excluding hydrogens is 426 g/mol. The maximum Gasteiger partial charge on any atom is 0.269 e. The number of amides is 2. The second kappa shape index (κ2) is 7.05. The number of β-lactam (4-membered cyclic amide) rings is 1. The normalized spacial score (nSPS) is 19.0. The minimum atomic E-state index is -0.845. The van der Waals surface area contributed by atoms with E-state index in [0.717, 1.165) is 5.01 Å². The molecule has 2 aromatic rings. The molecule has 4 N–H and O–H groups in total. The molecule has 1 aliphatic rings. The Labute approximate surface area is 162 Å². The number of nitrogen functional groups attached to an aromatic ring is 1. The van der Waals surface area contributed by atoms with Crippen molar-refractivity contribution in [2.24, 2.45) is 0 Å². The summed E-state index contributed by atoms with van der Waals surface area (Å²) >= 11 is 9.39. The van der Waals surface area contributed by atoms with Crippen LogP contribution in [0.2, 0.25) is 0 Å². The van der Waals surface area contributed by atoms with Gasteiger partial charge >= 0.3 is 0 Å². The minimum Gasteiger partial charge on any atom is -0.503 e. The van der Waals surface area contributed by atoms with Gasteiger partial charge in [0.1, 0.15) is 11.4 Å². The van der Waals surface area contributed by atoms with Crippen molar-refractivity contribution in [2.75, 3.05) is 12.8 Å². The summed E-state index contributed by atoms with van der Waals surface area (Å²) in [6, 6.07) is 8.88. The molecule has 1 fully saturated rings. The highest BCUT2D eigenvalue weighted by atomic mass is 79.9. The zero-order valence-electron chi connectivity index (χ0n) is 13.6. The number of nitrogens with zero attached hydrogens (tertiary/aromatic N) is 1. The van der Waals surface area contributed by atoms with E-state index in [0.29, 0.717) is 21.3 Å². The Morgan fingerprint density at radius 1 is 1.35 bits per heavy atom. The van der Waals surface area contributed by atoms with Gasteiger partial charge in [0.05, 0.1) is 11.6 Å². The molecule has 136 valence electrons. The topological polar surface area (TPSA) is 105 Å². The van der Waals surface area contributed by atoms with E-state index in [9.17, 15) is 14.7 Å². The summed E-state index contributed by atoms with van der Waals surface area (Å²) in [6.07, 6.45) is 0. The van der Waals surface area contributed by atoms with Crippen molar-refractivity contribution >= 4 is 45.0 Å². The molecule has 1 heterocycles. The highest BCUT2D eigenvalue weighted by Crippen LogP contribution is 2.43. The third kappa shape index (κ3) is 3.17. The number of rotatable bonds is 4. The highest BCUT2D eigenvalue weighted by molar-refractivity contribution is 9.10. The number of methoxy groups -OCH3 is 1. The fraction of sp³-hybridized carbons (Fsp3) is 0.176. The lowest BCUT2D eigenvalue weighted by atomic mass is 9.95. The van der Waals surface area contributed by atoms with E-state index in [-0.39, 0.29) is 11.5 Å². The molecule has 0 spiro atoms. The predicted octanol–water partition coefficient (Wildman–Crippen LogP) is 2.58. The number of halogens is 2. The van der Waals surface area contributed by atoms with E-state index in [4.69, 9.17) is 22.1 Å². The Balaban J connectivity index is 1.86. The summed E-state index contributed by atoms with van der Waals surface area (Å²) in [5.41, 5.74) is 9.64. The molecule has 0 aromatic heterocycles. The Kier molecular flexibility index (Phi) is 4.97. The number of carbonyl (C=O) groups excluding carboxylic acids is 2. The van der Waals surface area contributed by atoms with Crippen molar-refractivity contribution in [3.63, 3.8) is 0 Å².